The highest BCUT2D eigenvalue weighted by molar-refractivity contribution is 5.86. The van der Waals surface area contributed by atoms with Crippen LogP contribution >= 0.6 is 0 Å². The zero-order chi connectivity index (χ0) is 14.0. The molecule has 0 radical (unpaired) electrons. The number of hydrogen-bond donors (Lipinski definition) is 1. The Bertz CT molecular complexity index is 606. The van der Waals surface area contributed by atoms with Crippen molar-refractivity contribution in [1.82, 2.24) is 5.16 Å². The number of aromatic carboxylic acids is 1. The molecule has 1 aromatic heterocycles. The summed E-state index contributed by atoms with van der Waals surface area (Å²) in [5.74, 6) is -1.13. The van der Waals surface area contributed by atoms with Gasteiger partial charge in [0.05, 0.1) is 12.7 Å². The summed E-state index contributed by atoms with van der Waals surface area (Å²) in [7, 11) is 1.45. The summed E-state index contributed by atoms with van der Waals surface area (Å²) in [6, 6.07) is 6.14. The fourth-order valence-corrected chi connectivity index (χ4v) is 1.82. The SMILES string of the molecule is COc1cccc(C(C)F)c1-c1cc(C(=O)O)on1. The largest absolute Gasteiger partial charge is 0.496 e. The first-order valence-electron chi connectivity index (χ1n) is 5.56. The first kappa shape index (κ1) is 13.1. The molecule has 0 saturated heterocycles. The molecule has 19 heavy (non-hydrogen) atoms. The van der Waals surface area contributed by atoms with E-state index in [9.17, 15) is 9.18 Å². The first-order valence-corrected chi connectivity index (χ1v) is 5.56. The molecule has 0 fully saturated rings. The molecule has 2 rings (SSSR count). The van der Waals surface area contributed by atoms with Gasteiger partial charge in [-0.2, -0.15) is 0 Å². The molecule has 0 aliphatic heterocycles. The van der Waals surface area contributed by atoms with E-state index >= 15 is 0 Å². The number of rotatable bonds is 4. The van der Waals surface area contributed by atoms with Crippen LogP contribution in [-0.2, 0) is 0 Å². The van der Waals surface area contributed by atoms with Crippen LogP contribution in [0.2, 0.25) is 0 Å². The van der Waals surface area contributed by atoms with Crippen molar-refractivity contribution in [3.8, 4) is 17.0 Å². The van der Waals surface area contributed by atoms with Gasteiger partial charge < -0.3 is 14.4 Å². The highest BCUT2D eigenvalue weighted by Gasteiger charge is 2.20. The van der Waals surface area contributed by atoms with E-state index in [-0.39, 0.29) is 11.5 Å². The highest BCUT2D eigenvalue weighted by Crippen LogP contribution is 2.37. The Labute approximate surface area is 108 Å². The van der Waals surface area contributed by atoms with Gasteiger partial charge in [0.15, 0.2) is 0 Å². The molecule has 0 aliphatic carbocycles. The maximum absolute atomic E-state index is 13.6. The van der Waals surface area contributed by atoms with Crippen LogP contribution in [0.25, 0.3) is 11.3 Å². The van der Waals surface area contributed by atoms with Crippen molar-refractivity contribution in [2.45, 2.75) is 13.1 Å². The minimum Gasteiger partial charge on any atom is -0.496 e. The van der Waals surface area contributed by atoms with E-state index < -0.39 is 12.1 Å². The summed E-state index contributed by atoms with van der Waals surface area (Å²) in [6.07, 6.45) is -1.24. The van der Waals surface area contributed by atoms with Crippen LogP contribution < -0.4 is 4.74 Å². The average molecular weight is 265 g/mol. The Balaban J connectivity index is 2.61. The van der Waals surface area contributed by atoms with Gasteiger partial charge in [-0.05, 0) is 18.6 Å². The molecule has 1 N–H and O–H groups in total. The number of halogens is 1. The van der Waals surface area contributed by atoms with Crippen molar-refractivity contribution >= 4 is 5.97 Å². The molecule has 0 saturated carbocycles. The number of hydrogen-bond acceptors (Lipinski definition) is 4. The van der Waals surface area contributed by atoms with Gasteiger partial charge in [-0.25, -0.2) is 9.18 Å². The summed E-state index contributed by atoms with van der Waals surface area (Å²) < 4.78 is 23.5. The molecule has 0 aliphatic rings. The van der Waals surface area contributed by atoms with E-state index in [2.05, 4.69) is 9.68 Å². The molecule has 5 nitrogen and oxygen atoms in total. The fraction of sp³-hybridized carbons (Fsp3) is 0.231. The molecule has 100 valence electrons. The van der Waals surface area contributed by atoms with E-state index in [0.29, 0.717) is 16.9 Å². The van der Waals surface area contributed by atoms with Gasteiger partial charge in [0.2, 0.25) is 5.76 Å². The zero-order valence-electron chi connectivity index (χ0n) is 10.4. The lowest BCUT2D eigenvalue weighted by molar-refractivity contribution is 0.0652. The van der Waals surface area contributed by atoms with E-state index in [1.165, 1.54) is 20.1 Å². The number of carboxylic acid groups (broad SMARTS) is 1. The molecule has 0 spiro atoms. The summed E-state index contributed by atoms with van der Waals surface area (Å²) in [5.41, 5.74) is 0.996. The number of ether oxygens (including phenoxy) is 1. The minimum absolute atomic E-state index is 0.231. The number of benzene rings is 1. The van der Waals surface area contributed by atoms with Gasteiger partial charge in [-0.3, -0.25) is 0 Å². The zero-order valence-corrected chi connectivity index (χ0v) is 10.4. The normalized spacial score (nSPS) is 12.2. The number of alkyl halides is 1. The highest BCUT2D eigenvalue weighted by atomic mass is 19.1. The molecule has 1 aromatic carbocycles. The molecule has 2 aromatic rings. The van der Waals surface area contributed by atoms with E-state index in [4.69, 9.17) is 9.84 Å². The van der Waals surface area contributed by atoms with Crippen molar-refractivity contribution < 1.29 is 23.6 Å². The predicted molar refractivity (Wildman–Crippen MR) is 65.0 cm³/mol. The number of methoxy groups -OCH3 is 1. The van der Waals surface area contributed by atoms with Crippen LogP contribution in [-0.4, -0.2) is 23.3 Å². The molecule has 6 heteroatoms. The smallest absolute Gasteiger partial charge is 0.374 e. The third-order valence-corrected chi connectivity index (χ3v) is 2.68. The quantitative estimate of drug-likeness (QED) is 0.919. The maximum Gasteiger partial charge on any atom is 0.374 e. The van der Waals surface area contributed by atoms with Crippen LogP contribution in [0.1, 0.15) is 29.2 Å². The Morgan fingerprint density at radius 1 is 1.53 bits per heavy atom. The number of carboxylic acids is 1. The van der Waals surface area contributed by atoms with Crippen molar-refractivity contribution in [3.05, 3.63) is 35.6 Å². The third-order valence-electron chi connectivity index (χ3n) is 2.68. The predicted octanol–water partition coefficient (Wildman–Crippen LogP) is 3.08. The Kier molecular flexibility index (Phi) is 3.50. The van der Waals surface area contributed by atoms with Gasteiger partial charge in [-0.15, -0.1) is 0 Å². The van der Waals surface area contributed by atoms with Crippen molar-refractivity contribution in [1.29, 1.82) is 0 Å². The third kappa shape index (κ3) is 2.42. The second kappa shape index (κ2) is 5.09. The minimum atomic E-state index is -1.24. The standard InChI is InChI=1S/C13H12FNO4/c1-7(14)8-4-3-5-10(18-2)12(8)9-6-11(13(16)17)19-15-9/h3-7H,1-2H3,(H,16,17). The lowest BCUT2D eigenvalue weighted by Gasteiger charge is -2.12. The number of nitrogens with zero attached hydrogens (tertiary/aromatic N) is 1. The molecule has 1 atom stereocenters. The van der Waals surface area contributed by atoms with Crippen LogP contribution in [0.5, 0.6) is 5.75 Å². The summed E-state index contributed by atoms with van der Waals surface area (Å²) in [6.45, 7) is 1.39. The molecule has 0 bridgehead atoms. The summed E-state index contributed by atoms with van der Waals surface area (Å²) in [5, 5.41) is 12.5. The van der Waals surface area contributed by atoms with E-state index in [0.717, 1.165) is 0 Å². The molecule has 0 amide bonds. The lowest BCUT2D eigenvalue weighted by Crippen LogP contribution is -1.96. The summed E-state index contributed by atoms with van der Waals surface area (Å²) in [4.78, 5) is 10.8. The van der Waals surface area contributed by atoms with E-state index in [1.807, 2.05) is 0 Å². The number of aromatic nitrogens is 1. The fourth-order valence-electron chi connectivity index (χ4n) is 1.82. The molecular weight excluding hydrogens is 253 g/mol. The van der Waals surface area contributed by atoms with E-state index in [1.54, 1.807) is 18.2 Å². The molecule has 1 unspecified atom stereocenters. The Morgan fingerprint density at radius 3 is 2.79 bits per heavy atom. The lowest BCUT2D eigenvalue weighted by atomic mass is 10.00. The van der Waals surface area contributed by atoms with Gasteiger partial charge in [0, 0.05) is 6.07 Å². The van der Waals surface area contributed by atoms with Crippen molar-refractivity contribution in [3.63, 3.8) is 0 Å². The van der Waals surface area contributed by atoms with Gasteiger partial charge >= 0.3 is 5.97 Å². The monoisotopic (exact) mass is 265 g/mol. The molecular formula is C13H12FNO4. The molecule has 1 heterocycles. The maximum atomic E-state index is 13.6. The van der Waals surface area contributed by atoms with Gasteiger partial charge in [-0.1, -0.05) is 17.3 Å². The van der Waals surface area contributed by atoms with Gasteiger partial charge in [0.25, 0.3) is 0 Å². The Hall–Kier alpha value is -2.37. The topological polar surface area (TPSA) is 72.6 Å². The second-order valence-corrected chi connectivity index (χ2v) is 3.92. The van der Waals surface area contributed by atoms with Crippen LogP contribution in [0.15, 0.2) is 28.8 Å². The Morgan fingerprint density at radius 2 is 2.26 bits per heavy atom. The second-order valence-electron chi connectivity index (χ2n) is 3.92. The number of carbonyl (C=O) groups is 1. The van der Waals surface area contributed by atoms with Crippen LogP contribution in [0, 0.1) is 0 Å². The van der Waals surface area contributed by atoms with Crippen LogP contribution in [0.3, 0.4) is 0 Å². The van der Waals surface area contributed by atoms with Crippen molar-refractivity contribution in [2.75, 3.05) is 7.11 Å². The average Bonchev–Trinajstić information content (AvgIpc) is 2.87. The van der Waals surface area contributed by atoms with Crippen molar-refractivity contribution in [2.24, 2.45) is 0 Å². The van der Waals surface area contributed by atoms with Crippen LogP contribution in [0.4, 0.5) is 4.39 Å². The first-order chi connectivity index (χ1) is 9.04. The van der Waals surface area contributed by atoms with Gasteiger partial charge in [0.1, 0.15) is 17.6 Å². The summed E-state index contributed by atoms with van der Waals surface area (Å²) >= 11 is 0.